The lowest BCUT2D eigenvalue weighted by Crippen LogP contribution is -2.26. The molecule has 0 amide bonds. The third-order valence-electron chi connectivity index (χ3n) is 4.01. The molecule has 0 aliphatic carbocycles. The molecule has 0 fully saturated rings. The van der Waals surface area contributed by atoms with E-state index in [0.717, 1.165) is 18.4 Å². The molecule has 0 spiro atoms. The molecule has 1 rings (SSSR count). The first-order valence-corrected chi connectivity index (χ1v) is 8.60. The lowest BCUT2D eigenvalue weighted by Gasteiger charge is -2.28. The van der Waals surface area contributed by atoms with Crippen molar-refractivity contribution in [2.75, 3.05) is 5.88 Å². The predicted molar refractivity (Wildman–Crippen MR) is 88.3 cm³/mol. The smallest absolute Gasteiger partial charge is 0.0907 e. The number of benzene rings is 1. The minimum atomic E-state index is -0.744. The Morgan fingerprint density at radius 1 is 0.900 bits per heavy atom. The van der Waals surface area contributed by atoms with Gasteiger partial charge in [0.25, 0.3) is 0 Å². The van der Waals surface area contributed by atoms with Crippen molar-refractivity contribution >= 4 is 11.6 Å². The molecule has 0 saturated heterocycles. The zero-order valence-corrected chi connectivity index (χ0v) is 13.5. The Hall–Kier alpha value is -0.530. The lowest BCUT2D eigenvalue weighted by atomic mass is 9.86. The van der Waals surface area contributed by atoms with Gasteiger partial charge in [-0.3, -0.25) is 0 Å². The van der Waals surface area contributed by atoms with E-state index in [1.165, 1.54) is 38.5 Å². The van der Waals surface area contributed by atoms with Crippen LogP contribution in [0.5, 0.6) is 0 Å². The van der Waals surface area contributed by atoms with E-state index < -0.39 is 5.60 Å². The van der Waals surface area contributed by atoms with Gasteiger partial charge in [0.15, 0.2) is 0 Å². The third-order valence-corrected chi connectivity index (χ3v) is 4.20. The van der Waals surface area contributed by atoms with Gasteiger partial charge in [0.1, 0.15) is 0 Å². The van der Waals surface area contributed by atoms with Gasteiger partial charge >= 0.3 is 0 Å². The van der Waals surface area contributed by atoms with Crippen LogP contribution in [-0.2, 0) is 5.60 Å². The summed E-state index contributed by atoms with van der Waals surface area (Å²) in [5.74, 6) is 0.502. The van der Waals surface area contributed by atoms with Crippen LogP contribution in [0.1, 0.15) is 70.3 Å². The second-order valence-corrected chi connectivity index (χ2v) is 6.09. The maximum Gasteiger partial charge on any atom is 0.0907 e. The Balaban J connectivity index is 2.36. The number of halogens is 1. The lowest BCUT2D eigenvalue weighted by molar-refractivity contribution is 0.0216. The predicted octanol–water partition coefficient (Wildman–Crippen LogP) is 5.64. The molecule has 0 bridgehead atoms. The molecule has 20 heavy (non-hydrogen) atoms. The Bertz CT molecular complexity index is 339. The first kappa shape index (κ1) is 17.5. The van der Waals surface area contributed by atoms with Crippen molar-refractivity contribution in [3.8, 4) is 0 Å². The molecule has 0 radical (unpaired) electrons. The molecule has 1 aromatic rings. The monoisotopic (exact) mass is 296 g/mol. The minimum Gasteiger partial charge on any atom is -0.385 e. The number of hydrogen-bond donors (Lipinski definition) is 1. The fourth-order valence-electron chi connectivity index (χ4n) is 2.69. The summed E-state index contributed by atoms with van der Waals surface area (Å²) in [5.41, 5.74) is 0.263. The van der Waals surface area contributed by atoms with E-state index in [4.69, 9.17) is 11.6 Å². The topological polar surface area (TPSA) is 20.2 Å². The van der Waals surface area contributed by atoms with Crippen molar-refractivity contribution in [2.24, 2.45) is 0 Å². The van der Waals surface area contributed by atoms with Gasteiger partial charge in [0, 0.05) is 5.88 Å². The molecule has 1 atom stereocenters. The summed E-state index contributed by atoms with van der Waals surface area (Å²) >= 11 is 5.87. The van der Waals surface area contributed by atoms with E-state index in [1.807, 2.05) is 30.3 Å². The molecule has 114 valence electrons. The van der Waals surface area contributed by atoms with Crippen molar-refractivity contribution < 1.29 is 5.11 Å². The Kier molecular flexibility index (Phi) is 8.97. The minimum absolute atomic E-state index is 0.502. The van der Waals surface area contributed by atoms with Crippen LogP contribution in [-0.4, -0.2) is 11.0 Å². The summed E-state index contributed by atoms with van der Waals surface area (Å²) in [6, 6.07) is 9.97. The van der Waals surface area contributed by atoms with Crippen LogP contribution in [0.25, 0.3) is 0 Å². The molecular formula is C18H29ClO. The van der Waals surface area contributed by atoms with Crippen molar-refractivity contribution in [3.05, 3.63) is 35.9 Å². The van der Waals surface area contributed by atoms with Crippen molar-refractivity contribution in [2.45, 2.75) is 70.3 Å². The molecule has 1 N–H and O–H groups in total. The van der Waals surface area contributed by atoms with E-state index in [2.05, 4.69) is 6.92 Å². The van der Waals surface area contributed by atoms with E-state index in [-0.39, 0.29) is 0 Å². The summed E-state index contributed by atoms with van der Waals surface area (Å²) in [6.45, 7) is 2.24. The van der Waals surface area contributed by atoms with Gasteiger partial charge in [0.2, 0.25) is 0 Å². The number of unbranched alkanes of at least 4 members (excludes halogenated alkanes) is 6. The Morgan fingerprint density at radius 2 is 1.50 bits per heavy atom. The molecule has 1 aromatic carbocycles. The number of aliphatic hydroxyl groups is 1. The van der Waals surface area contributed by atoms with E-state index >= 15 is 0 Å². The summed E-state index contributed by atoms with van der Waals surface area (Å²) < 4.78 is 0. The van der Waals surface area contributed by atoms with Crippen LogP contribution in [0, 0.1) is 0 Å². The third kappa shape index (κ3) is 6.28. The summed E-state index contributed by atoms with van der Waals surface area (Å²) in [6.07, 6.45) is 10.3. The highest BCUT2D eigenvalue weighted by Crippen LogP contribution is 2.31. The van der Waals surface area contributed by atoms with Crippen LogP contribution >= 0.6 is 11.6 Å². The van der Waals surface area contributed by atoms with Gasteiger partial charge in [-0.2, -0.15) is 0 Å². The highest BCUT2D eigenvalue weighted by atomic mass is 35.5. The second-order valence-electron chi connectivity index (χ2n) is 5.71. The zero-order valence-electron chi connectivity index (χ0n) is 12.8. The summed E-state index contributed by atoms with van der Waals surface area (Å²) in [7, 11) is 0. The molecule has 1 nitrogen and oxygen atoms in total. The van der Waals surface area contributed by atoms with Crippen LogP contribution in [0.4, 0.5) is 0 Å². The first-order chi connectivity index (χ1) is 9.73. The number of rotatable bonds is 11. The largest absolute Gasteiger partial charge is 0.385 e. The maximum atomic E-state index is 10.8. The van der Waals surface area contributed by atoms with Crippen molar-refractivity contribution in [1.29, 1.82) is 0 Å². The molecule has 0 aliphatic rings. The Labute approximate surface area is 129 Å². The molecule has 1 unspecified atom stereocenters. The van der Waals surface area contributed by atoms with E-state index in [1.54, 1.807) is 0 Å². The fraction of sp³-hybridized carbons (Fsp3) is 0.667. The van der Waals surface area contributed by atoms with E-state index in [9.17, 15) is 5.11 Å². The molecule has 0 saturated carbocycles. The van der Waals surface area contributed by atoms with Crippen LogP contribution < -0.4 is 0 Å². The number of hydrogen-bond acceptors (Lipinski definition) is 1. The normalized spacial score (nSPS) is 14.2. The van der Waals surface area contributed by atoms with Crippen molar-refractivity contribution in [1.82, 2.24) is 0 Å². The highest BCUT2D eigenvalue weighted by molar-refractivity contribution is 6.17. The molecule has 2 heteroatoms. The van der Waals surface area contributed by atoms with Crippen LogP contribution in [0.15, 0.2) is 30.3 Å². The molecule has 0 aromatic heterocycles. The second kappa shape index (κ2) is 10.2. The first-order valence-electron chi connectivity index (χ1n) is 8.07. The van der Waals surface area contributed by atoms with Gasteiger partial charge in [-0.15, -0.1) is 11.6 Å². The summed E-state index contributed by atoms with van der Waals surface area (Å²) in [5, 5.41) is 10.8. The molecular weight excluding hydrogens is 268 g/mol. The van der Waals surface area contributed by atoms with Crippen LogP contribution in [0.3, 0.4) is 0 Å². The van der Waals surface area contributed by atoms with Gasteiger partial charge in [-0.05, 0) is 18.4 Å². The van der Waals surface area contributed by atoms with Gasteiger partial charge in [0.05, 0.1) is 5.60 Å². The summed E-state index contributed by atoms with van der Waals surface area (Å²) in [4.78, 5) is 0. The average molecular weight is 297 g/mol. The standard InChI is InChI=1S/C18H29ClO/c1-2-3-4-5-6-7-11-14-18(20,15-16-19)17-12-9-8-10-13-17/h8-10,12-13,20H,2-7,11,14-16H2,1H3. The Morgan fingerprint density at radius 3 is 2.10 bits per heavy atom. The van der Waals surface area contributed by atoms with Crippen molar-refractivity contribution in [3.63, 3.8) is 0 Å². The molecule has 0 heterocycles. The van der Waals surface area contributed by atoms with Gasteiger partial charge < -0.3 is 5.11 Å². The maximum absolute atomic E-state index is 10.8. The highest BCUT2D eigenvalue weighted by Gasteiger charge is 2.27. The SMILES string of the molecule is CCCCCCCCCC(O)(CCCl)c1ccccc1. The van der Waals surface area contributed by atoms with Crippen LogP contribution in [0.2, 0.25) is 0 Å². The van der Waals surface area contributed by atoms with Gasteiger partial charge in [-0.25, -0.2) is 0 Å². The number of alkyl halides is 1. The fourth-order valence-corrected chi connectivity index (χ4v) is 3.01. The quantitative estimate of drug-likeness (QED) is 0.413. The average Bonchev–Trinajstić information content (AvgIpc) is 2.47. The zero-order chi connectivity index (χ0) is 14.7. The van der Waals surface area contributed by atoms with Gasteiger partial charge in [-0.1, -0.05) is 82.2 Å². The van der Waals surface area contributed by atoms with E-state index in [0.29, 0.717) is 12.3 Å². The molecule has 0 aliphatic heterocycles.